The van der Waals surface area contributed by atoms with Crippen molar-refractivity contribution in [3.05, 3.63) is 35.9 Å². The van der Waals surface area contributed by atoms with Crippen molar-refractivity contribution < 1.29 is 11.0 Å². The van der Waals surface area contributed by atoms with Gasteiger partial charge in [-0.25, -0.2) is 4.79 Å². The minimum absolute atomic E-state index is 0. The maximum Gasteiger partial charge on any atom is 1.00 e. The molecule has 0 N–H and O–H groups in total. The van der Waals surface area contributed by atoms with E-state index in [0.717, 1.165) is 0 Å². The van der Waals surface area contributed by atoms with Gasteiger partial charge in [0.15, 0.2) is 0 Å². The van der Waals surface area contributed by atoms with Gasteiger partial charge >= 0.3 is 7.40 Å². The van der Waals surface area contributed by atoms with Crippen molar-refractivity contribution in [3.8, 4) is 0 Å². The summed E-state index contributed by atoms with van der Waals surface area (Å²) in [6.07, 6.45) is 0. The van der Waals surface area contributed by atoms with E-state index in [9.17, 15) is 4.79 Å². The highest BCUT2D eigenvalue weighted by Gasteiger charge is 2.00. The van der Waals surface area contributed by atoms with Crippen LogP contribution in [-0.2, 0) is 4.74 Å². The second kappa shape index (κ2) is 3.01. The van der Waals surface area contributed by atoms with Crippen LogP contribution in [0.25, 0.3) is 0 Å². The second-order valence-corrected chi connectivity index (χ2v) is 1.86. The standard InChI is InChI=1S/C8H8O2/c1-10-8(9)7-5-3-2-4-6-7/h2-6H,1H3/p+1. The Morgan fingerprint density at radius 1 is 1.40 bits per heavy atom. The van der Waals surface area contributed by atoms with Crippen LogP contribution in [0.4, 0.5) is 0 Å². The number of benzene rings is 1. The summed E-state index contributed by atoms with van der Waals surface area (Å²) in [5.74, 6) is -0.291. The van der Waals surface area contributed by atoms with E-state index in [1.807, 2.05) is 6.07 Å². The van der Waals surface area contributed by atoms with Gasteiger partial charge in [-0.05, 0) is 12.1 Å². The molecule has 10 heavy (non-hydrogen) atoms. The number of hydrogen-bond donors (Lipinski definition) is 0. The first-order valence-electron chi connectivity index (χ1n) is 2.98. The molecule has 0 spiro atoms. The Morgan fingerprint density at radius 3 is 2.50 bits per heavy atom. The van der Waals surface area contributed by atoms with Gasteiger partial charge in [-0.3, -0.25) is 0 Å². The predicted molar refractivity (Wildman–Crippen MR) is 38.9 cm³/mol. The molecule has 0 saturated heterocycles. The van der Waals surface area contributed by atoms with E-state index in [2.05, 4.69) is 4.74 Å². The second-order valence-electron chi connectivity index (χ2n) is 1.86. The zero-order valence-corrected chi connectivity index (χ0v) is 5.70. The van der Waals surface area contributed by atoms with Crippen LogP contribution in [0.1, 0.15) is 11.8 Å². The lowest BCUT2D eigenvalue weighted by Gasteiger charge is -1.95. The van der Waals surface area contributed by atoms with Crippen molar-refractivity contribution in [2.24, 2.45) is 0 Å². The molecule has 0 amide bonds. The van der Waals surface area contributed by atoms with Gasteiger partial charge in [0.05, 0.1) is 12.7 Å². The average Bonchev–Trinajstić information content (AvgIpc) is 2.05. The van der Waals surface area contributed by atoms with E-state index in [1.54, 1.807) is 24.3 Å². The van der Waals surface area contributed by atoms with Crippen LogP contribution in [0.3, 0.4) is 0 Å². The number of methoxy groups -OCH3 is 1. The summed E-state index contributed by atoms with van der Waals surface area (Å²) in [5.41, 5.74) is 0.588. The molecule has 1 rings (SSSR count). The Bertz CT molecular complexity index is 221. The number of ether oxygens (including phenoxy) is 1. The molecular formula is C8H9O2+. The van der Waals surface area contributed by atoms with Crippen molar-refractivity contribution in [2.75, 3.05) is 7.11 Å². The summed E-state index contributed by atoms with van der Waals surface area (Å²) in [4.78, 5) is 10.8. The van der Waals surface area contributed by atoms with E-state index in [1.165, 1.54) is 7.11 Å². The van der Waals surface area contributed by atoms with Crippen molar-refractivity contribution in [1.82, 2.24) is 0 Å². The predicted octanol–water partition coefficient (Wildman–Crippen LogP) is 1.59. The largest absolute Gasteiger partial charge is 1.00 e. The third kappa shape index (κ3) is 1.35. The van der Waals surface area contributed by atoms with Crippen LogP contribution in [0.2, 0.25) is 0 Å². The van der Waals surface area contributed by atoms with Gasteiger partial charge in [0.25, 0.3) is 0 Å². The zero-order chi connectivity index (χ0) is 7.40. The molecule has 0 aliphatic rings. The molecule has 0 aliphatic heterocycles. The summed E-state index contributed by atoms with van der Waals surface area (Å²) in [5, 5.41) is 0. The lowest BCUT2D eigenvalue weighted by molar-refractivity contribution is 0.0601. The minimum atomic E-state index is -0.291. The molecule has 2 heteroatoms. The number of rotatable bonds is 1. The molecular weight excluding hydrogens is 128 g/mol. The Morgan fingerprint density at radius 2 is 2.00 bits per heavy atom. The quantitative estimate of drug-likeness (QED) is 0.549. The smallest absolute Gasteiger partial charge is 0.465 e. The van der Waals surface area contributed by atoms with Gasteiger partial charge < -0.3 is 4.74 Å². The Kier molecular flexibility index (Phi) is 2.05. The fraction of sp³-hybridized carbons (Fsp3) is 0.125. The highest BCUT2D eigenvalue weighted by atomic mass is 16.5. The molecule has 0 unspecified atom stereocenters. The highest BCUT2D eigenvalue weighted by molar-refractivity contribution is 5.89. The Labute approximate surface area is 60.9 Å². The lowest BCUT2D eigenvalue weighted by atomic mass is 10.2. The summed E-state index contributed by atoms with van der Waals surface area (Å²) in [6, 6.07) is 8.88. The minimum Gasteiger partial charge on any atom is -0.465 e. The van der Waals surface area contributed by atoms with Crippen LogP contribution in [0, 0.1) is 0 Å². The summed E-state index contributed by atoms with van der Waals surface area (Å²) < 4.78 is 4.50. The molecule has 1 aromatic rings. The van der Waals surface area contributed by atoms with E-state index < -0.39 is 0 Å². The fourth-order valence-electron chi connectivity index (χ4n) is 0.692. The number of esters is 1. The van der Waals surface area contributed by atoms with Crippen LogP contribution in [0.15, 0.2) is 30.3 Å². The zero-order valence-electron chi connectivity index (χ0n) is 6.70. The van der Waals surface area contributed by atoms with Gasteiger partial charge in [0.1, 0.15) is 0 Å². The van der Waals surface area contributed by atoms with Crippen LogP contribution >= 0.6 is 0 Å². The maximum atomic E-state index is 10.8. The average molecular weight is 137 g/mol. The SMILES string of the molecule is COC(=O)c1ccccc1.[H+]. The fourth-order valence-corrected chi connectivity index (χ4v) is 0.692. The van der Waals surface area contributed by atoms with Gasteiger partial charge in [-0.2, -0.15) is 0 Å². The van der Waals surface area contributed by atoms with E-state index in [4.69, 9.17) is 0 Å². The van der Waals surface area contributed by atoms with Crippen molar-refractivity contribution in [1.29, 1.82) is 0 Å². The molecule has 2 nitrogen and oxygen atoms in total. The molecule has 52 valence electrons. The first-order valence-corrected chi connectivity index (χ1v) is 2.98. The number of hydrogen-bond acceptors (Lipinski definition) is 2. The van der Waals surface area contributed by atoms with E-state index in [0.29, 0.717) is 5.56 Å². The summed E-state index contributed by atoms with van der Waals surface area (Å²) in [7, 11) is 1.37. The van der Waals surface area contributed by atoms with E-state index >= 15 is 0 Å². The normalized spacial score (nSPS) is 8.90. The molecule has 0 bridgehead atoms. The van der Waals surface area contributed by atoms with E-state index in [-0.39, 0.29) is 7.40 Å². The van der Waals surface area contributed by atoms with Crippen LogP contribution in [0.5, 0.6) is 0 Å². The summed E-state index contributed by atoms with van der Waals surface area (Å²) >= 11 is 0. The van der Waals surface area contributed by atoms with Crippen molar-refractivity contribution in [2.45, 2.75) is 0 Å². The summed E-state index contributed by atoms with van der Waals surface area (Å²) in [6.45, 7) is 0. The van der Waals surface area contributed by atoms with Crippen LogP contribution in [-0.4, -0.2) is 13.1 Å². The number of carbonyl (C=O) groups is 1. The van der Waals surface area contributed by atoms with Crippen molar-refractivity contribution in [3.63, 3.8) is 0 Å². The first-order chi connectivity index (χ1) is 4.84. The monoisotopic (exact) mass is 137 g/mol. The van der Waals surface area contributed by atoms with Gasteiger partial charge in [0, 0.05) is 0 Å². The maximum absolute atomic E-state index is 10.8. The molecule has 1 aromatic carbocycles. The topological polar surface area (TPSA) is 26.3 Å². The molecule has 0 radical (unpaired) electrons. The molecule has 0 saturated carbocycles. The Hall–Kier alpha value is -1.31. The third-order valence-corrected chi connectivity index (χ3v) is 1.19. The number of carbonyl (C=O) groups excluding carboxylic acids is 1. The third-order valence-electron chi connectivity index (χ3n) is 1.19. The molecule has 0 aliphatic carbocycles. The van der Waals surface area contributed by atoms with Crippen molar-refractivity contribution >= 4 is 5.97 Å². The molecule has 0 aromatic heterocycles. The Balaban J connectivity index is 0.000001000. The first kappa shape index (κ1) is 6.81. The molecule has 0 heterocycles. The van der Waals surface area contributed by atoms with Gasteiger partial charge in [-0.1, -0.05) is 18.2 Å². The van der Waals surface area contributed by atoms with Gasteiger partial charge in [-0.15, -0.1) is 0 Å². The molecule has 0 atom stereocenters. The highest BCUT2D eigenvalue weighted by Crippen LogP contribution is 1.98. The van der Waals surface area contributed by atoms with Crippen LogP contribution < -0.4 is 0 Å². The van der Waals surface area contributed by atoms with Gasteiger partial charge in [0.2, 0.25) is 0 Å². The lowest BCUT2D eigenvalue weighted by Crippen LogP contribution is -1.99. The molecule has 0 fully saturated rings.